The molecule has 5 rings (SSSR count). The lowest BCUT2D eigenvalue weighted by molar-refractivity contribution is -0.150. The van der Waals surface area contributed by atoms with E-state index in [0.717, 1.165) is 47.9 Å². The Morgan fingerprint density at radius 3 is 1.98 bits per heavy atom. The van der Waals surface area contributed by atoms with Gasteiger partial charge in [-0.3, -0.25) is 14.4 Å². The number of benzene rings is 3. The van der Waals surface area contributed by atoms with Gasteiger partial charge in [0.25, 0.3) is 0 Å². The summed E-state index contributed by atoms with van der Waals surface area (Å²) in [6.07, 6.45) is 10.5. The Morgan fingerprint density at radius 2 is 1.35 bits per heavy atom. The van der Waals surface area contributed by atoms with E-state index in [2.05, 4.69) is 12.1 Å². The second-order valence-corrected chi connectivity index (χ2v) is 14.0. The molecule has 2 fully saturated rings. The van der Waals surface area contributed by atoms with E-state index < -0.39 is 18.2 Å². The number of nitrogens with two attached hydrogens (primary N) is 1. The zero-order valence-corrected chi connectivity index (χ0v) is 29.0. The van der Waals surface area contributed by atoms with Crippen LogP contribution in [0.25, 0.3) is 11.1 Å². The minimum Gasteiger partial charge on any atom is -0.393 e. The lowest BCUT2D eigenvalue weighted by atomic mass is 9.80. The Balaban J connectivity index is 1.40. The van der Waals surface area contributed by atoms with E-state index in [4.69, 9.17) is 5.73 Å². The summed E-state index contributed by atoms with van der Waals surface area (Å²) in [6, 6.07) is 26.3. The number of nitrogens with zero attached hydrogens (tertiary/aromatic N) is 3. The van der Waals surface area contributed by atoms with Gasteiger partial charge in [-0.25, -0.2) is 0 Å². The molecule has 49 heavy (non-hydrogen) atoms. The highest BCUT2D eigenvalue weighted by molar-refractivity contribution is 5.95. The first-order valence-corrected chi connectivity index (χ1v) is 17.8. The summed E-state index contributed by atoms with van der Waals surface area (Å²) < 4.78 is 0. The highest BCUT2D eigenvalue weighted by Crippen LogP contribution is 2.29. The van der Waals surface area contributed by atoms with Crippen molar-refractivity contribution in [2.45, 2.75) is 87.9 Å². The maximum atomic E-state index is 14.6. The van der Waals surface area contributed by atoms with Crippen LogP contribution in [0, 0.1) is 0 Å². The summed E-state index contributed by atoms with van der Waals surface area (Å²) in [5.74, 6) is -0.722. The zero-order valence-electron chi connectivity index (χ0n) is 29.0. The molecule has 8 nitrogen and oxygen atoms in total. The Hall–Kier alpha value is -4.27. The number of likely N-dealkylation sites (N-methyl/N-ethyl adjacent to an activating group) is 2. The number of rotatable bonds is 12. The predicted molar refractivity (Wildman–Crippen MR) is 194 cm³/mol. The first-order chi connectivity index (χ1) is 23.6. The third-order valence-electron chi connectivity index (χ3n) is 10.4. The number of piperidine rings is 1. The van der Waals surface area contributed by atoms with Gasteiger partial charge in [-0.15, -0.1) is 0 Å². The van der Waals surface area contributed by atoms with Crippen molar-refractivity contribution in [1.82, 2.24) is 14.7 Å². The van der Waals surface area contributed by atoms with Gasteiger partial charge < -0.3 is 25.5 Å². The van der Waals surface area contributed by atoms with E-state index >= 15 is 0 Å². The van der Waals surface area contributed by atoms with E-state index in [0.29, 0.717) is 38.8 Å². The minimum atomic E-state index is -0.847. The summed E-state index contributed by atoms with van der Waals surface area (Å²) in [6.45, 7) is 0.882. The van der Waals surface area contributed by atoms with Crippen LogP contribution in [-0.4, -0.2) is 88.4 Å². The Bertz CT molecular complexity index is 1550. The smallest absolute Gasteiger partial charge is 0.246 e. The first kappa shape index (κ1) is 36.0. The molecule has 260 valence electrons. The normalized spacial score (nSPS) is 17.8. The summed E-state index contributed by atoms with van der Waals surface area (Å²) >= 11 is 0. The highest BCUT2D eigenvalue weighted by Gasteiger charge is 2.37. The topological polar surface area (TPSA) is 107 Å². The van der Waals surface area contributed by atoms with E-state index in [9.17, 15) is 19.5 Å². The van der Waals surface area contributed by atoms with Crippen LogP contribution in [0.15, 0.2) is 97.1 Å². The van der Waals surface area contributed by atoms with Crippen LogP contribution in [0.4, 0.5) is 0 Å². The van der Waals surface area contributed by atoms with E-state index in [-0.39, 0.29) is 29.7 Å². The highest BCUT2D eigenvalue weighted by atomic mass is 16.3. The van der Waals surface area contributed by atoms with Gasteiger partial charge in [-0.05, 0) is 60.4 Å². The molecule has 0 spiro atoms. The van der Waals surface area contributed by atoms with Gasteiger partial charge in [0.15, 0.2) is 0 Å². The lowest BCUT2D eigenvalue weighted by Gasteiger charge is -2.38. The van der Waals surface area contributed by atoms with Crippen LogP contribution in [0.2, 0.25) is 0 Å². The molecule has 0 unspecified atom stereocenters. The molecule has 0 aromatic heterocycles. The summed E-state index contributed by atoms with van der Waals surface area (Å²) in [4.78, 5) is 47.2. The van der Waals surface area contributed by atoms with Crippen molar-refractivity contribution in [2.75, 3.05) is 27.2 Å². The number of carbonyl (C=O) groups excluding carboxylic acids is 3. The average molecular weight is 665 g/mol. The number of aliphatic hydroxyl groups excluding tert-OH is 1. The molecule has 0 radical (unpaired) electrons. The molecule has 1 saturated carbocycles. The van der Waals surface area contributed by atoms with Gasteiger partial charge in [0.05, 0.1) is 6.10 Å². The van der Waals surface area contributed by atoms with Crippen molar-refractivity contribution in [3.05, 3.63) is 108 Å². The van der Waals surface area contributed by atoms with Gasteiger partial charge in [0.2, 0.25) is 17.7 Å². The van der Waals surface area contributed by atoms with Crippen molar-refractivity contribution < 1.29 is 19.5 Å². The van der Waals surface area contributed by atoms with E-state index in [1.165, 1.54) is 16.2 Å². The number of hydrogen-bond donors (Lipinski definition) is 2. The number of aliphatic hydroxyl groups is 1. The molecule has 2 atom stereocenters. The van der Waals surface area contributed by atoms with Crippen molar-refractivity contribution >= 4 is 17.7 Å². The van der Waals surface area contributed by atoms with Crippen molar-refractivity contribution in [2.24, 2.45) is 5.73 Å². The molecule has 0 bridgehead atoms. The fourth-order valence-electron chi connectivity index (χ4n) is 7.12. The molecular weight excluding hydrogens is 612 g/mol. The van der Waals surface area contributed by atoms with Gasteiger partial charge in [-0.2, -0.15) is 0 Å². The number of amides is 3. The minimum absolute atomic E-state index is 0.146. The molecule has 1 aliphatic carbocycles. The van der Waals surface area contributed by atoms with Crippen LogP contribution < -0.4 is 5.73 Å². The van der Waals surface area contributed by atoms with Crippen molar-refractivity contribution in [3.63, 3.8) is 0 Å². The van der Waals surface area contributed by atoms with Crippen LogP contribution >= 0.6 is 0 Å². The number of hydrogen-bond acceptors (Lipinski definition) is 5. The van der Waals surface area contributed by atoms with Crippen LogP contribution in [-0.2, 0) is 27.2 Å². The third kappa shape index (κ3) is 9.67. The molecule has 1 heterocycles. The monoisotopic (exact) mass is 664 g/mol. The third-order valence-corrected chi connectivity index (χ3v) is 10.4. The maximum absolute atomic E-state index is 14.6. The second kappa shape index (κ2) is 16.9. The van der Waals surface area contributed by atoms with Gasteiger partial charge in [0, 0.05) is 45.6 Å². The average Bonchev–Trinajstić information content (AvgIpc) is 3.13. The summed E-state index contributed by atoms with van der Waals surface area (Å²) in [5, 5.41) is 10.1. The number of carbonyl (C=O) groups is 3. The largest absolute Gasteiger partial charge is 0.393 e. The molecular formula is C41H52N4O4. The van der Waals surface area contributed by atoms with Crippen molar-refractivity contribution in [1.29, 1.82) is 0 Å². The Kier molecular flexibility index (Phi) is 12.4. The molecule has 8 heteroatoms. The standard InChI is InChI=1S/C41H52N4O4/c1-43(38(47)17-12-26-41(42)24-10-5-11-25-41)36(30-32-18-20-34(21-19-32)33-15-8-4-9-16-33)39(48)44(2)37(29-31-13-6-3-7-14-31)40(49)45-27-22-35(46)23-28-45/h3-4,6-9,12-21,35-37,46H,5,10-11,22-30,42H2,1-2H3/b17-12+/t36-,37-/m1/s1. The molecule has 3 amide bonds. The fraction of sp³-hybridized carbons (Fsp3) is 0.439. The predicted octanol–water partition coefficient (Wildman–Crippen LogP) is 5.38. The molecule has 2 aliphatic rings. The molecule has 3 N–H and O–H groups in total. The second-order valence-electron chi connectivity index (χ2n) is 14.0. The number of likely N-dealkylation sites (tertiary alicyclic amines) is 1. The molecule has 1 aliphatic heterocycles. The fourth-order valence-corrected chi connectivity index (χ4v) is 7.12. The molecule has 3 aromatic carbocycles. The first-order valence-electron chi connectivity index (χ1n) is 17.8. The molecule has 1 saturated heterocycles. The molecule has 3 aromatic rings. The van der Waals surface area contributed by atoms with E-state index in [1.54, 1.807) is 25.1 Å². The zero-order chi connectivity index (χ0) is 34.8. The summed E-state index contributed by atoms with van der Waals surface area (Å²) in [5.41, 5.74) is 10.4. The maximum Gasteiger partial charge on any atom is 0.246 e. The van der Waals surface area contributed by atoms with Gasteiger partial charge in [0.1, 0.15) is 12.1 Å². The Morgan fingerprint density at radius 1 is 0.796 bits per heavy atom. The quantitative estimate of drug-likeness (QED) is 0.253. The lowest BCUT2D eigenvalue weighted by Crippen LogP contribution is -2.57. The Labute approximate surface area is 291 Å². The van der Waals surface area contributed by atoms with E-state index in [1.807, 2.05) is 78.9 Å². The van der Waals surface area contributed by atoms with Gasteiger partial charge >= 0.3 is 0 Å². The van der Waals surface area contributed by atoms with Crippen molar-refractivity contribution in [3.8, 4) is 11.1 Å². The summed E-state index contributed by atoms with van der Waals surface area (Å²) in [7, 11) is 3.34. The van der Waals surface area contributed by atoms with Crippen LogP contribution in [0.1, 0.15) is 62.5 Å². The van der Waals surface area contributed by atoms with Crippen LogP contribution in [0.5, 0.6) is 0 Å². The SMILES string of the molecule is CN(C(=O)/C=C/CC1(N)CCCCC1)[C@H](Cc1ccc(-c2ccccc2)cc1)C(=O)N(C)[C@H](Cc1ccccc1)C(=O)N1CCC(O)CC1. The van der Waals surface area contributed by atoms with Crippen LogP contribution in [0.3, 0.4) is 0 Å². The van der Waals surface area contributed by atoms with Gasteiger partial charge in [-0.1, -0.05) is 110 Å².